The van der Waals surface area contributed by atoms with E-state index in [-0.39, 0.29) is 0 Å². The van der Waals surface area contributed by atoms with Crippen LogP contribution in [0.3, 0.4) is 0 Å². The molecule has 1 heterocycles. The van der Waals surface area contributed by atoms with E-state index in [4.69, 9.17) is 4.74 Å². The first kappa shape index (κ1) is 14.3. The predicted octanol–water partition coefficient (Wildman–Crippen LogP) is 2.07. The minimum absolute atomic E-state index is 0.293. The quantitative estimate of drug-likeness (QED) is 0.916. The van der Waals surface area contributed by atoms with Gasteiger partial charge in [-0.1, -0.05) is 12.1 Å². The SMILES string of the molecule is OC(CN1CCOCC1)c1cccc(C(F)(F)F)c1. The van der Waals surface area contributed by atoms with Gasteiger partial charge in [-0.05, 0) is 17.7 Å². The van der Waals surface area contributed by atoms with Gasteiger partial charge in [-0.3, -0.25) is 4.90 Å². The third-order valence-corrected chi connectivity index (χ3v) is 3.13. The second kappa shape index (κ2) is 5.90. The van der Waals surface area contributed by atoms with E-state index in [1.165, 1.54) is 12.1 Å². The maximum absolute atomic E-state index is 12.6. The van der Waals surface area contributed by atoms with E-state index in [1.54, 1.807) is 0 Å². The number of morpholine rings is 1. The summed E-state index contributed by atoms with van der Waals surface area (Å²) < 4.78 is 42.9. The zero-order chi connectivity index (χ0) is 13.9. The number of aliphatic hydroxyl groups is 1. The molecule has 1 aromatic carbocycles. The Morgan fingerprint density at radius 2 is 1.95 bits per heavy atom. The van der Waals surface area contributed by atoms with Gasteiger partial charge in [-0.2, -0.15) is 13.2 Å². The molecule has 1 fully saturated rings. The van der Waals surface area contributed by atoms with Crippen LogP contribution in [0.4, 0.5) is 13.2 Å². The van der Waals surface area contributed by atoms with Crippen molar-refractivity contribution in [2.24, 2.45) is 0 Å². The number of hydrogen-bond donors (Lipinski definition) is 1. The summed E-state index contributed by atoms with van der Waals surface area (Å²) >= 11 is 0. The molecule has 0 aliphatic carbocycles. The highest BCUT2D eigenvalue weighted by atomic mass is 19.4. The first-order valence-corrected chi connectivity index (χ1v) is 6.12. The summed E-state index contributed by atoms with van der Waals surface area (Å²) in [6.07, 6.45) is -5.30. The molecule has 0 spiro atoms. The van der Waals surface area contributed by atoms with Crippen LogP contribution in [0.2, 0.25) is 0 Å². The van der Waals surface area contributed by atoms with Gasteiger partial charge >= 0.3 is 6.18 Å². The van der Waals surface area contributed by atoms with E-state index < -0.39 is 17.8 Å². The second-order valence-electron chi connectivity index (χ2n) is 4.55. The molecule has 106 valence electrons. The van der Waals surface area contributed by atoms with Crippen LogP contribution in [0.5, 0.6) is 0 Å². The molecule has 1 aliphatic rings. The zero-order valence-electron chi connectivity index (χ0n) is 10.4. The van der Waals surface area contributed by atoms with Crippen molar-refractivity contribution >= 4 is 0 Å². The number of β-amino-alcohol motifs (C(OH)–C–C–N with tert-alkyl or cyclic N) is 1. The standard InChI is InChI=1S/C13H16F3NO2/c14-13(15,16)11-3-1-2-10(8-11)12(18)9-17-4-6-19-7-5-17/h1-3,8,12,18H,4-7,9H2. The Labute approximate surface area is 109 Å². The van der Waals surface area contributed by atoms with Gasteiger partial charge in [0.2, 0.25) is 0 Å². The summed E-state index contributed by atoms with van der Waals surface area (Å²) in [4.78, 5) is 1.98. The maximum atomic E-state index is 12.6. The van der Waals surface area contributed by atoms with Crippen LogP contribution in [0.25, 0.3) is 0 Å². The van der Waals surface area contributed by atoms with Crippen LogP contribution in [0.15, 0.2) is 24.3 Å². The number of benzene rings is 1. The van der Waals surface area contributed by atoms with Crippen LogP contribution >= 0.6 is 0 Å². The van der Waals surface area contributed by atoms with Gasteiger partial charge in [0.25, 0.3) is 0 Å². The second-order valence-corrected chi connectivity index (χ2v) is 4.55. The lowest BCUT2D eigenvalue weighted by Crippen LogP contribution is -2.38. The third-order valence-electron chi connectivity index (χ3n) is 3.13. The third kappa shape index (κ3) is 3.92. The number of aliphatic hydroxyl groups excluding tert-OH is 1. The van der Waals surface area contributed by atoms with Gasteiger partial charge in [-0.25, -0.2) is 0 Å². The van der Waals surface area contributed by atoms with Gasteiger partial charge in [0.1, 0.15) is 0 Å². The minimum Gasteiger partial charge on any atom is -0.387 e. The maximum Gasteiger partial charge on any atom is 0.416 e. The van der Waals surface area contributed by atoms with Crippen molar-refractivity contribution in [3.8, 4) is 0 Å². The summed E-state index contributed by atoms with van der Waals surface area (Å²) in [5.74, 6) is 0. The summed E-state index contributed by atoms with van der Waals surface area (Å²) in [6, 6.07) is 4.84. The van der Waals surface area contributed by atoms with Crippen LogP contribution in [0.1, 0.15) is 17.2 Å². The summed E-state index contributed by atoms with van der Waals surface area (Å²) in [5.41, 5.74) is -0.438. The molecule has 0 amide bonds. The van der Waals surface area contributed by atoms with Crippen molar-refractivity contribution in [1.82, 2.24) is 4.90 Å². The number of rotatable bonds is 3. The Kier molecular flexibility index (Phi) is 4.44. The van der Waals surface area contributed by atoms with Gasteiger partial charge in [0.05, 0.1) is 24.9 Å². The fraction of sp³-hybridized carbons (Fsp3) is 0.538. The number of ether oxygens (including phenoxy) is 1. The van der Waals surface area contributed by atoms with Crippen LogP contribution < -0.4 is 0 Å². The van der Waals surface area contributed by atoms with E-state index in [2.05, 4.69) is 0 Å². The molecule has 19 heavy (non-hydrogen) atoms. The van der Waals surface area contributed by atoms with Crippen molar-refractivity contribution < 1.29 is 23.0 Å². The summed E-state index contributed by atoms with van der Waals surface area (Å²) in [6.45, 7) is 2.89. The minimum atomic E-state index is -4.38. The largest absolute Gasteiger partial charge is 0.416 e. The molecule has 0 saturated carbocycles. The molecule has 0 aromatic heterocycles. The molecular weight excluding hydrogens is 259 g/mol. The lowest BCUT2D eigenvalue weighted by Gasteiger charge is -2.28. The normalized spacial score (nSPS) is 19.4. The molecule has 1 unspecified atom stereocenters. The zero-order valence-corrected chi connectivity index (χ0v) is 10.4. The number of hydrogen-bond acceptors (Lipinski definition) is 3. The Morgan fingerprint density at radius 3 is 2.58 bits per heavy atom. The van der Waals surface area contributed by atoms with Crippen LogP contribution in [0, 0.1) is 0 Å². The monoisotopic (exact) mass is 275 g/mol. The fourth-order valence-corrected chi connectivity index (χ4v) is 2.06. The summed E-state index contributed by atoms with van der Waals surface area (Å²) in [7, 11) is 0. The van der Waals surface area contributed by atoms with Crippen molar-refractivity contribution in [2.75, 3.05) is 32.8 Å². The fourth-order valence-electron chi connectivity index (χ4n) is 2.06. The lowest BCUT2D eigenvalue weighted by molar-refractivity contribution is -0.137. The molecule has 6 heteroatoms. The molecule has 0 radical (unpaired) electrons. The molecule has 1 saturated heterocycles. The van der Waals surface area contributed by atoms with Gasteiger partial charge in [-0.15, -0.1) is 0 Å². The Hall–Kier alpha value is -1.11. The topological polar surface area (TPSA) is 32.7 Å². The Balaban J connectivity index is 2.04. The Bertz CT molecular complexity index is 417. The number of halogens is 3. The molecule has 3 nitrogen and oxygen atoms in total. The van der Waals surface area contributed by atoms with Crippen molar-refractivity contribution in [2.45, 2.75) is 12.3 Å². The highest BCUT2D eigenvalue weighted by Crippen LogP contribution is 2.30. The average molecular weight is 275 g/mol. The highest BCUT2D eigenvalue weighted by Gasteiger charge is 2.31. The Morgan fingerprint density at radius 1 is 1.26 bits per heavy atom. The van der Waals surface area contributed by atoms with E-state index in [0.29, 0.717) is 38.4 Å². The molecule has 2 rings (SSSR count). The summed E-state index contributed by atoms with van der Waals surface area (Å²) in [5, 5.41) is 10.0. The van der Waals surface area contributed by atoms with Crippen molar-refractivity contribution in [3.05, 3.63) is 35.4 Å². The first-order chi connectivity index (χ1) is 8.97. The van der Waals surface area contributed by atoms with Crippen molar-refractivity contribution in [1.29, 1.82) is 0 Å². The number of alkyl halides is 3. The van der Waals surface area contributed by atoms with Gasteiger partial charge in [0, 0.05) is 19.6 Å². The van der Waals surface area contributed by atoms with Crippen LogP contribution in [-0.2, 0) is 10.9 Å². The van der Waals surface area contributed by atoms with E-state index >= 15 is 0 Å². The van der Waals surface area contributed by atoms with E-state index in [1.807, 2.05) is 4.90 Å². The highest BCUT2D eigenvalue weighted by molar-refractivity contribution is 5.27. The molecule has 1 atom stereocenters. The molecule has 0 bridgehead atoms. The smallest absolute Gasteiger partial charge is 0.387 e. The van der Waals surface area contributed by atoms with Crippen molar-refractivity contribution in [3.63, 3.8) is 0 Å². The lowest BCUT2D eigenvalue weighted by atomic mass is 10.1. The van der Waals surface area contributed by atoms with Gasteiger partial charge in [0.15, 0.2) is 0 Å². The van der Waals surface area contributed by atoms with Crippen LogP contribution in [-0.4, -0.2) is 42.9 Å². The van der Waals surface area contributed by atoms with Gasteiger partial charge < -0.3 is 9.84 Å². The molecular formula is C13H16F3NO2. The molecule has 1 N–H and O–H groups in total. The van der Waals surface area contributed by atoms with E-state index in [9.17, 15) is 18.3 Å². The first-order valence-electron chi connectivity index (χ1n) is 6.12. The average Bonchev–Trinajstić information content (AvgIpc) is 2.39. The molecule has 1 aliphatic heterocycles. The predicted molar refractivity (Wildman–Crippen MR) is 63.7 cm³/mol. The molecule has 1 aromatic rings. The van der Waals surface area contributed by atoms with E-state index in [0.717, 1.165) is 12.1 Å². The number of nitrogens with zero attached hydrogens (tertiary/aromatic N) is 1.